The summed E-state index contributed by atoms with van der Waals surface area (Å²) in [6.07, 6.45) is 1.53. The number of halogens is 2. The molecule has 1 heterocycles. The van der Waals surface area contributed by atoms with Crippen LogP contribution in [0.3, 0.4) is 0 Å². The van der Waals surface area contributed by atoms with Gasteiger partial charge in [-0.2, -0.15) is 0 Å². The van der Waals surface area contributed by atoms with Crippen LogP contribution in [0.2, 0.25) is 0 Å². The predicted molar refractivity (Wildman–Crippen MR) is 132 cm³/mol. The molecule has 0 saturated carbocycles. The smallest absolute Gasteiger partial charge is 0.340 e. The number of carbonyl (C=O) groups is 2. The number of hydrogen-bond acceptors (Lipinski definition) is 8. The first-order valence-electron chi connectivity index (χ1n) is 10.6. The number of Topliss-reactive ketones (excluding diaryl/α,β-unsaturated/α-hetero) is 1. The Balaban J connectivity index is 1.71. The number of ketones is 1. The van der Waals surface area contributed by atoms with Gasteiger partial charge in [-0.25, -0.2) is 4.79 Å². The summed E-state index contributed by atoms with van der Waals surface area (Å²) < 4.78 is 17.6. The van der Waals surface area contributed by atoms with E-state index in [2.05, 4.69) is 31.9 Å². The van der Waals surface area contributed by atoms with Gasteiger partial charge in [0, 0.05) is 30.5 Å². The Morgan fingerprint density at radius 2 is 1.94 bits per heavy atom. The molecular weight excluding hydrogens is 588 g/mol. The number of methoxy groups -OCH3 is 1. The maximum atomic E-state index is 12.9. The molecule has 2 N–H and O–H groups in total. The molecule has 35 heavy (non-hydrogen) atoms. The van der Waals surface area contributed by atoms with Crippen LogP contribution >= 0.6 is 31.9 Å². The van der Waals surface area contributed by atoms with Crippen molar-refractivity contribution >= 4 is 49.3 Å². The summed E-state index contributed by atoms with van der Waals surface area (Å²) in [5.74, 6) is -0.729. The fourth-order valence-corrected chi connectivity index (χ4v) is 5.65. The standard InChI is InChI=1S/C24H20Br2N2O7/c1-33-24(30)21-19(20-17(29)6-3-7-18(20)35-23(21)27)13-9-15(25)22(16(26)10-13)34-11-12-4-2-5-14(8-12)28(31)32/h2,4-5,8-10,19H,3,6-7,11,27H2,1H3/t19-/m0/s1. The quantitative estimate of drug-likeness (QED) is 0.270. The highest BCUT2D eigenvalue weighted by Crippen LogP contribution is 2.47. The lowest BCUT2D eigenvalue weighted by atomic mass is 9.77. The molecule has 0 unspecified atom stereocenters. The third-order valence-electron chi connectivity index (χ3n) is 5.75. The Kier molecular flexibility index (Phi) is 7.27. The lowest BCUT2D eigenvalue weighted by molar-refractivity contribution is -0.384. The Labute approximate surface area is 217 Å². The number of nitro benzene ring substituents is 1. The molecule has 0 radical (unpaired) electrons. The average Bonchev–Trinajstić information content (AvgIpc) is 2.82. The van der Waals surface area contributed by atoms with E-state index in [9.17, 15) is 19.7 Å². The molecule has 1 atom stereocenters. The second kappa shape index (κ2) is 10.2. The van der Waals surface area contributed by atoms with Crippen molar-refractivity contribution in [2.45, 2.75) is 31.8 Å². The van der Waals surface area contributed by atoms with E-state index >= 15 is 0 Å². The molecule has 2 aliphatic rings. The number of esters is 1. The van der Waals surface area contributed by atoms with Gasteiger partial charge in [0.05, 0.1) is 26.9 Å². The van der Waals surface area contributed by atoms with Crippen LogP contribution in [0.25, 0.3) is 0 Å². The lowest BCUT2D eigenvalue weighted by Gasteiger charge is -2.32. The summed E-state index contributed by atoms with van der Waals surface area (Å²) in [6.45, 7) is 0.0868. The van der Waals surface area contributed by atoms with Gasteiger partial charge in [0.2, 0.25) is 5.88 Å². The molecule has 2 aromatic carbocycles. The van der Waals surface area contributed by atoms with Crippen molar-refractivity contribution in [2.24, 2.45) is 5.73 Å². The van der Waals surface area contributed by atoms with Gasteiger partial charge < -0.3 is 19.9 Å². The molecular formula is C24H20Br2N2O7. The summed E-state index contributed by atoms with van der Waals surface area (Å²) >= 11 is 7.02. The molecule has 9 nitrogen and oxygen atoms in total. The van der Waals surface area contributed by atoms with Crippen LogP contribution in [0.5, 0.6) is 5.75 Å². The molecule has 11 heteroatoms. The molecule has 0 aromatic heterocycles. The van der Waals surface area contributed by atoms with E-state index < -0.39 is 16.8 Å². The number of nitro groups is 1. The largest absolute Gasteiger partial charge is 0.487 e. The number of carbonyl (C=O) groups excluding carboxylic acids is 2. The van der Waals surface area contributed by atoms with Crippen molar-refractivity contribution in [3.05, 3.63) is 89.4 Å². The zero-order valence-corrected chi connectivity index (χ0v) is 21.7. The Bertz CT molecular complexity index is 1280. The first-order valence-corrected chi connectivity index (χ1v) is 12.2. The molecule has 2 aromatic rings. The summed E-state index contributed by atoms with van der Waals surface area (Å²) in [7, 11) is 1.24. The molecule has 182 valence electrons. The number of allylic oxidation sites excluding steroid dienone is 2. The molecule has 0 saturated heterocycles. The SMILES string of the molecule is COC(=O)C1=C(N)OC2=C(C(=O)CCC2)[C@@H]1c1cc(Br)c(OCc2cccc([N+](=O)[O-])c2)c(Br)c1. The molecule has 1 aliphatic heterocycles. The van der Waals surface area contributed by atoms with Crippen molar-refractivity contribution in [1.29, 1.82) is 0 Å². The van der Waals surface area contributed by atoms with Crippen LogP contribution in [-0.2, 0) is 25.7 Å². The summed E-state index contributed by atoms with van der Waals surface area (Å²) in [5.41, 5.74) is 7.77. The fraction of sp³-hybridized carbons (Fsp3) is 0.250. The van der Waals surface area contributed by atoms with E-state index in [1.807, 2.05) is 0 Å². The summed E-state index contributed by atoms with van der Waals surface area (Å²) in [5, 5.41) is 11.0. The van der Waals surface area contributed by atoms with Crippen molar-refractivity contribution in [2.75, 3.05) is 7.11 Å². The van der Waals surface area contributed by atoms with Crippen LogP contribution in [0.4, 0.5) is 5.69 Å². The molecule has 1 aliphatic carbocycles. The number of nitrogens with zero attached hydrogens (tertiary/aromatic N) is 1. The number of non-ortho nitro benzene ring substituents is 1. The maximum Gasteiger partial charge on any atom is 0.340 e. The van der Waals surface area contributed by atoms with Crippen molar-refractivity contribution in [1.82, 2.24) is 0 Å². The molecule has 0 spiro atoms. The first-order chi connectivity index (χ1) is 16.7. The second-order valence-corrected chi connectivity index (χ2v) is 9.66. The first kappa shape index (κ1) is 24.9. The third kappa shape index (κ3) is 4.96. The van der Waals surface area contributed by atoms with E-state index in [-0.39, 0.29) is 29.5 Å². The van der Waals surface area contributed by atoms with Gasteiger partial charge in [-0.3, -0.25) is 14.9 Å². The fourth-order valence-electron chi connectivity index (χ4n) is 4.20. The van der Waals surface area contributed by atoms with Gasteiger partial charge in [0.25, 0.3) is 5.69 Å². The zero-order chi connectivity index (χ0) is 25.3. The van der Waals surface area contributed by atoms with Gasteiger partial charge in [0.15, 0.2) is 5.78 Å². The van der Waals surface area contributed by atoms with Crippen molar-refractivity contribution < 1.29 is 28.7 Å². The molecule has 0 fully saturated rings. The lowest BCUT2D eigenvalue weighted by Crippen LogP contribution is -2.31. The van der Waals surface area contributed by atoms with Gasteiger partial charge in [0.1, 0.15) is 23.7 Å². The van der Waals surface area contributed by atoms with Crippen LogP contribution in [0, 0.1) is 10.1 Å². The minimum atomic E-state index is -0.766. The molecule has 0 bridgehead atoms. The van der Waals surface area contributed by atoms with Crippen molar-refractivity contribution in [3.8, 4) is 5.75 Å². The highest BCUT2D eigenvalue weighted by atomic mass is 79.9. The monoisotopic (exact) mass is 606 g/mol. The van der Waals surface area contributed by atoms with E-state index in [0.717, 1.165) is 0 Å². The Hall–Kier alpha value is -3.18. The van der Waals surface area contributed by atoms with Crippen LogP contribution in [0.15, 0.2) is 68.1 Å². The highest BCUT2D eigenvalue weighted by Gasteiger charge is 2.41. The second-order valence-electron chi connectivity index (χ2n) is 7.95. The van der Waals surface area contributed by atoms with Crippen LogP contribution in [0.1, 0.15) is 36.3 Å². The summed E-state index contributed by atoms with van der Waals surface area (Å²) in [4.78, 5) is 36.1. The Morgan fingerprint density at radius 3 is 2.60 bits per heavy atom. The molecule has 4 rings (SSSR count). The minimum Gasteiger partial charge on any atom is -0.487 e. The zero-order valence-electron chi connectivity index (χ0n) is 18.5. The van der Waals surface area contributed by atoms with Crippen molar-refractivity contribution in [3.63, 3.8) is 0 Å². The van der Waals surface area contributed by atoms with Gasteiger partial charge in [-0.05, 0) is 61.5 Å². The number of hydrogen-bond donors (Lipinski definition) is 1. The number of ether oxygens (including phenoxy) is 3. The van der Waals surface area contributed by atoms with E-state index in [1.165, 1.54) is 19.2 Å². The number of nitrogens with two attached hydrogens (primary N) is 1. The summed E-state index contributed by atoms with van der Waals surface area (Å²) in [6, 6.07) is 9.65. The third-order valence-corrected chi connectivity index (χ3v) is 6.93. The van der Waals surface area contributed by atoms with Crippen LogP contribution < -0.4 is 10.5 Å². The van der Waals surface area contributed by atoms with E-state index in [1.54, 1.807) is 24.3 Å². The van der Waals surface area contributed by atoms with Crippen LogP contribution in [-0.4, -0.2) is 23.8 Å². The normalized spacial score (nSPS) is 17.6. The maximum absolute atomic E-state index is 12.9. The Morgan fingerprint density at radius 1 is 1.23 bits per heavy atom. The van der Waals surface area contributed by atoms with Gasteiger partial charge in [-0.15, -0.1) is 0 Å². The topological polar surface area (TPSA) is 131 Å². The van der Waals surface area contributed by atoms with E-state index in [0.29, 0.717) is 56.4 Å². The van der Waals surface area contributed by atoms with E-state index in [4.69, 9.17) is 19.9 Å². The minimum absolute atomic E-state index is 0.0277. The van der Waals surface area contributed by atoms with Gasteiger partial charge in [-0.1, -0.05) is 12.1 Å². The average molecular weight is 608 g/mol. The predicted octanol–water partition coefficient (Wildman–Crippen LogP) is 5.16. The molecule has 0 amide bonds. The highest BCUT2D eigenvalue weighted by molar-refractivity contribution is 9.11. The number of rotatable bonds is 6. The number of benzene rings is 2. The van der Waals surface area contributed by atoms with Gasteiger partial charge >= 0.3 is 5.97 Å².